The van der Waals surface area contributed by atoms with E-state index in [0.29, 0.717) is 4.88 Å². The van der Waals surface area contributed by atoms with Crippen molar-refractivity contribution in [3.05, 3.63) is 21.9 Å². The lowest BCUT2D eigenvalue weighted by atomic mass is 10.1. The number of aryl methyl sites for hydroxylation is 1. The number of methoxy groups -OCH3 is 1. The highest BCUT2D eigenvalue weighted by atomic mass is 32.1. The predicted octanol–water partition coefficient (Wildman–Crippen LogP) is 1.18. The van der Waals surface area contributed by atoms with E-state index in [9.17, 15) is 9.90 Å². The SMILES string of the molecule is COC[C@](C)(O)CNC(=O)c1ccc(C)s1. The molecule has 5 heteroatoms. The standard InChI is InChI=1S/C11H17NO3S/c1-8-4-5-9(16-8)10(13)12-6-11(2,14)7-15-3/h4-5,14H,6-7H2,1-3H3,(H,12,13)/t11-/m1/s1. The van der Waals surface area contributed by atoms with E-state index in [1.54, 1.807) is 13.0 Å². The number of nitrogens with one attached hydrogen (secondary N) is 1. The molecule has 0 fully saturated rings. The quantitative estimate of drug-likeness (QED) is 0.816. The maximum atomic E-state index is 11.7. The van der Waals surface area contributed by atoms with Crippen molar-refractivity contribution >= 4 is 17.2 Å². The Morgan fingerprint density at radius 1 is 1.62 bits per heavy atom. The molecule has 0 aliphatic heterocycles. The first-order valence-corrected chi connectivity index (χ1v) is 5.82. The molecule has 0 unspecified atom stereocenters. The van der Waals surface area contributed by atoms with Gasteiger partial charge in [0, 0.05) is 18.5 Å². The van der Waals surface area contributed by atoms with Gasteiger partial charge in [0.1, 0.15) is 5.60 Å². The lowest BCUT2D eigenvalue weighted by Gasteiger charge is -2.22. The number of thiophene rings is 1. The van der Waals surface area contributed by atoms with E-state index in [1.807, 2.05) is 13.0 Å². The van der Waals surface area contributed by atoms with Crippen molar-refractivity contribution in [3.8, 4) is 0 Å². The summed E-state index contributed by atoms with van der Waals surface area (Å²) in [7, 11) is 1.51. The molecule has 0 spiro atoms. The topological polar surface area (TPSA) is 58.6 Å². The van der Waals surface area contributed by atoms with Crippen LogP contribution >= 0.6 is 11.3 Å². The molecule has 1 aromatic rings. The Morgan fingerprint density at radius 3 is 2.81 bits per heavy atom. The summed E-state index contributed by atoms with van der Waals surface area (Å²) in [5.74, 6) is -0.158. The first-order valence-electron chi connectivity index (χ1n) is 5.00. The largest absolute Gasteiger partial charge is 0.386 e. The highest BCUT2D eigenvalue weighted by Gasteiger charge is 2.21. The van der Waals surface area contributed by atoms with Crippen molar-refractivity contribution in [2.75, 3.05) is 20.3 Å². The van der Waals surface area contributed by atoms with E-state index >= 15 is 0 Å². The molecule has 0 aliphatic rings. The van der Waals surface area contributed by atoms with Crippen LogP contribution in [0.4, 0.5) is 0 Å². The summed E-state index contributed by atoms with van der Waals surface area (Å²) in [6.45, 7) is 3.94. The summed E-state index contributed by atoms with van der Waals surface area (Å²) < 4.78 is 4.85. The van der Waals surface area contributed by atoms with Gasteiger partial charge >= 0.3 is 0 Å². The third-order valence-electron chi connectivity index (χ3n) is 2.05. The van der Waals surface area contributed by atoms with Crippen molar-refractivity contribution in [1.29, 1.82) is 0 Å². The predicted molar refractivity (Wildman–Crippen MR) is 63.9 cm³/mol. The van der Waals surface area contributed by atoms with Gasteiger partial charge in [0.2, 0.25) is 0 Å². The van der Waals surface area contributed by atoms with Crippen LogP contribution < -0.4 is 5.32 Å². The van der Waals surface area contributed by atoms with Crippen LogP contribution in [0.25, 0.3) is 0 Å². The van der Waals surface area contributed by atoms with Gasteiger partial charge in [-0.25, -0.2) is 0 Å². The molecule has 2 N–H and O–H groups in total. The maximum Gasteiger partial charge on any atom is 0.261 e. The number of ether oxygens (including phenoxy) is 1. The zero-order valence-corrected chi connectivity index (χ0v) is 10.6. The molecule has 0 saturated heterocycles. The molecule has 16 heavy (non-hydrogen) atoms. The summed E-state index contributed by atoms with van der Waals surface area (Å²) in [5.41, 5.74) is -1.03. The number of aliphatic hydroxyl groups is 1. The van der Waals surface area contributed by atoms with Gasteiger partial charge in [0.15, 0.2) is 0 Å². The molecule has 0 aliphatic carbocycles. The lowest BCUT2D eigenvalue weighted by Crippen LogP contribution is -2.43. The number of carbonyl (C=O) groups is 1. The van der Waals surface area contributed by atoms with Crippen LogP contribution in [0.3, 0.4) is 0 Å². The smallest absolute Gasteiger partial charge is 0.261 e. The van der Waals surface area contributed by atoms with Crippen LogP contribution in [-0.2, 0) is 4.74 Å². The Kier molecular flexibility index (Phi) is 4.46. The van der Waals surface area contributed by atoms with E-state index in [0.717, 1.165) is 4.88 Å². The summed E-state index contributed by atoms with van der Waals surface area (Å²) >= 11 is 1.43. The van der Waals surface area contributed by atoms with Crippen molar-refractivity contribution in [1.82, 2.24) is 5.32 Å². The number of amides is 1. The first-order chi connectivity index (χ1) is 7.44. The van der Waals surface area contributed by atoms with Crippen molar-refractivity contribution in [2.45, 2.75) is 19.4 Å². The number of hydrogen-bond donors (Lipinski definition) is 2. The van der Waals surface area contributed by atoms with Gasteiger partial charge in [0.25, 0.3) is 5.91 Å². The van der Waals surface area contributed by atoms with Gasteiger partial charge in [-0.3, -0.25) is 4.79 Å². The Balaban J connectivity index is 2.47. The average molecular weight is 243 g/mol. The van der Waals surface area contributed by atoms with Crippen LogP contribution in [0.15, 0.2) is 12.1 Å². The van der Waals surface area contributed by atoms with E-state index < -0.39 is 5.60 Å². The van der Waals surface area contributed by atoms with E-state index in [-0.39, 0.29) is 19.1 Å². The highest BCUT2D eigenvalue weighted by Crippen LogP contribution is 2.14. The maximum absolute atomic E-state index is 11.7. The van der Waals surface area contributed by atoms with E-state index in [4.69, 9.17) is 4.74 Å². The second-order valence-corrected chi connectivity index (χ2v) is 5.31. The molecule has 4 nitrogen and oxygen atoms in total. The lowest BCUT2D eigenvalue weighted by molar-refractivity contribution is -0.0146. The molecule has 1 aromatic heterocycles. The van der Waals surface area contributed by atoms with Gasteiger partial charge in [0.05, 0.1) is 11.5 Å². The molecular formula is C11H17NO3S. The molecule has 90 valence electrons. The first kappa shape index (κ1) is 13.2. The fourth-order valence-corrected chi connectivity index (χ4v) is 2.06. The van der Waals surface area contributed by atoms with Gasteiger partial charge in [-0.1, -0.05) is 0 Å². The minimum absolute atomic E-state index is 0.158. The van der Waals surface area contributed by atoms with Gasteiger partial charge in [-0.05, 0) is 26.0 Å². The molecular weight excluding hydrogens is 226 g/mol. The Morgan fingerprint density at radius 2 is 2.31 bits per heavy atom. The summed E-state index contributed by atoms with van der Waals surface area (Å²) in [6.07, 6.45) is 0. The number of rotatable bonds is 5. The molecule has 0 radical (unpaired) electrons. The van der Waals surface area contributed by atoms with E-state index in [2.05, 4.69) is 5.32 Å². The molecule has 1 atom stereocenters. The summed E-state index contributed by atoms with van der Waals surface area (Å²) in [5, 5.41) is 12.5. The number of carbonyl (C=O) groups excluding carboxylic acids is 1. The van der Waals surface area contributed by atoms with Gasteiger partial charge in [-0.15, -0.1) is 11.3 Å². The number of hydrogen-bond acceptors (Lipinski definition) is 4. The van der Waals surface area contributed by atoms with Crippen LogP contribution in [0.2, 0.25) is 0 Å². The molecule has 0 saturated carbocycles. The van der Waals surface area contributed by atoms with Crippen LogP contribution in [0, 0.1) is 6.92 Å². The minimum atomic E-state index is -1.03. The van der Waals surface area contributed by atoms with Crippen LogP contribution in [0.5, 0.6) is 0 Å². The molecule has 1 rings (SSSR count). The summed E-state index contributed by atoms with van der Waals surface area (Å²) in [4.78, 5) is 13.4. The zero-order chi connectivity index (χ0) is 12.2. The molecule has 1 heterocycles. The molecule has 1 amide bonds. The third kappa shape index (κ3) is 3.92. The Bertz CT molecular complexity index is 360. The van der Waals surface area contributed by atoms with Gasteiger partial charge < -0.3 is 15.2 Å². The molecule has 0 bridgehead atoms. The normalized spacial score (nSPS) is 14.5. The van der Waals surface area contributed by atoms with Crippen molar-refractivity contribution in [2.24, 2.45) is 0 Å². The van der Waals surface area contributed by atoms with Crippen LogP contribution in [-0.4, -0.2) is 36.9 Å². The van der Waals surface area contributed by atoms with Crippen molar-refractivity contribution < 1.29 is 14.6 Å². The fraction of sp³-hybridized carbons (Fsp3) is 0.545. The Labute approximate surface area is 99.2 Å². The highest BCUT2D eigenvalue weighted by molar-refractivity contribution is 7.13. The third-order valence-corrected chi connectivity index (χ3v) is 3.05. The monoisotopic (exact) mass is 243 g/mol. The summed E-state index contributed by atoms with van der Waals surface area (Å²) in [6, 6.07) is 3.67. The average Bonchev–Trinajstić information content (AvgIpc) is 2.61. The second kappa shape index (κ2) is 5.43. The minimum Gasteiger partial charge on any atom is -0.386 e. The zero-order valence-electron chi connectivity index (χ0n) is 9.74. The fourth-order valence-electron chi connectivity index (χ4n) is 1.28. The van der Waals surface area contributed by atoms with Crippen molar-refractivity contribution in [3.63, 3.8) is 0 Å². The van der Waals surface area contributed by atoms with Crippen LogP contribution in [0.1, 0.15) is 21.5 Å². The molecule has 0 aromatic carbocycles. The Hall–Kier alpha value is -0.910. The second-order valence-electron chi connectivity index (χ2n) is 4.02. The van der Waals surface area contributed by atoms with Gasteiger partial charge in [-0.2, -0.15) is 0 Å². The van der Waals surface area contributed by atoms with E-state index in [1.165, 1.54) is 18.4 Å².